The van der Waals surface area contributed by atoms with Gasteiger partial charge in [0.05, 0.1) is 19.8 Å². The number of hydrogen-bond acceptors (Lipinski definition) is 6. The van der Waals surface area contributed by atoms with Crippen LogP contribution in [0.3, 0.4) is 0 Å². The van der Waals surface area contributed by atoms with Gasteiger partial charge in [-0.2, -0.15) is 0 Å². The molecule has 2 aromatic carbocycles. The lowest BCUT2D eigenvalue weighted by molar-refractivity contribution is -0.117. The van der Waals surface area contributed by atoms with Gasteiger partial charge >= 0.3 is 0 Å². The molecule has 0 bridgehead atoms. The summed E-state index contributed by atoms with van der Waals surface area (Å²) in [5.74, 6) is 0.931. The fourth-order valence-electron chi connectivity index (χ4n) is 3.57. The fourth-order valence-corrected chi connectivity index (χ4v) is 3.57. The fraction of sp³-hybridized carbons (Fsp3) is 0.409. The minimum absolute atomic E-state index is 0.0215. The van der Waals surface area contributed by atoms with Gasteiger partial charge in [0.1, 0.15) is 11.5 Å². The number of phenols is 1. The van der Waals surface area contributed by atoms with E-state index >= 15 is 0 Å². The standard InChI is InChI=1S/C22H28N2O4/c1-22(2,11-14-4-6-16(28-3)7-5-14)24-13-20(27)17-8-9-19(26)18-10-15(25)12-23-21(17)18/h4-9,20,23-24,26-27H,10-13H2,1-3H3. The van der Waals surface area contributed by atoms with Gasteiger partial charge in [-0.05, 0) is 44.0 Å². The summed E-state index contributed by atoms with van der Waals surface area (Å²) >= 11 is 0. The summed E-state index contributed by atoms with van der Waals surface area (Å²) in [6, 6.07) is 11.2. The van der Waals surface area contributed by atoms with Gasteiger partial charge in [0, 0.05) is 35.3 Å². The Hall–Kier alpha value is -2.57. The Kier molecular flexibility index (Phi) is 5.91. The van der Waals surface area contributed by atoms with Crippen molar-refractivity contribution in [1.29, 1.82) is 0 Å². The number of methoxy groups -OCH3 is 1. The monoisotopic (exact) mass is 384 g/mol. The largest absolute Gasteiger partial charge is 0.508 e. The molecule has 0 spiro atoms. The third-order valence-corrected chi connectivity index (χ3v) is 5.09. The van der Waals surface area contributed by atoms with E-state index in [4.69, 9.17) is 4.74 Å². The summed E-state index contributed by atoms with van der Waals surface area (Å²) in [5.41, 5.74) is 2.87. The summed E-state index contributed by atoms with van der Waals surface area (Å²) < 4.78 is 5.19. The third-order valence-electron chi connectivity index (χ3n) is 5.09. The maximum atomic E-state index is 11.7. The number of hydrogen-bond donors (Lipinski definition) is 4. The first kappa shape index (κ1) is 20.2. The van der Waals surface area contributed by atoms with E-state index < -0.39 is 6.10 Å². The minimum Gasteiger partial charge on any atom is -0.508 e. The van der Waals surface area contributed by atoms with Crippen molar-refractivity contribution in [2.75, 3.05) is 25.5 Å². The molecule has 4 N–H and O–H groups in total. The van der Waals surface area contributed by atoms with Crippen molar-refractivity contribution in [2.45, 2.75) is 38.3 Å². The van der Waals surface area contributed by atoms with E-state index in [1.165, 1.54) is 5.56 Å². The van der Waals surface area contributed by atoms with Gasteiger partial charge in [-0.1, -0.05) is 18.2 Å². The zero-order valence-electron chi connectivity index (χ0n) is 16.6. The van der Waals surface area contributed by atoms with Crippen molar-refractivity contribution in [1.82, 2.24) is 5.32 Å². The van der Waals surface area contributed by atoms with Gasteiger partial charge in [0.15, 0.2) is 5.78 Å². The molecule has 0 saturated heterocycles. The highest BCUT2D eigenvalue weighted by atomic mass is 16.5. The van der Waals surface area contributed by atoms with E-state index in [0.29, 0.717) is 23.4 Å². The Morgan fingerprint density at radius 3 is 2.61 bits per heavy atom. The average molecular weight is 384 g/mol. The smallest absolute Gasteiger partial charge is 0.156 e. The number of carbonyl (C=O) groups excluding carboxylic acids is 1. The molecule has 2 aromatic rings. The number of β-amino-alcohol motifs (C(OH)–C–C–N with tert-alkyl or cyclic N) is 1. The van der Waals surface area contributed by atoms with Crippen LogP contribution in [0.25, 0.3) is 0 Å². The molecule has 28 heavy (non-hydrogen) atoms. The quantitative estimate of drug-likeness (QED) is 0.587. The van der Waals surface area contributed by atoms with Crippen LogP contribution in [0, 0.1) is 0 Å². The number of nitrogens with one attached hydrogen (secondary N) is 2. The molecule has 0 radical (unpaired) electrons. The van der Waals surface area contributed by atoms with Crippen LogP contribution >= 0.6 is 0 Å². The maximum Gasteiger partial charge on any atom is 0.156 e. The molecule has 0 fully saturated rings. The van der Waals surface area contributed by atoms with Crippen molar-refractivity contribution >= 4 is 11.5 Å². The Morgan fingerprint density at radius 2 is 1.93 bits per heavy atom. The first-order valence-electron chi connectivity index (χ1n) is 9.45. The molecule has 0 saturated carbocycles. The molecule has 0 aromatic heterocycles. The topological polar surface area (TPSA) is 90.8 Å². The molecule has 1 aliphatic heterocycles. The van der Waals surface area contributed by atoms with Crippen LogP contribution in [-0.4, -0.2) is 41.7 Å². The van der Waals surface area contributed by atoms with Crippen molar-refractivity contribution in [2.24, 2.45) is 0 Å². The number of Topliss-reactive ketones (excluding diaryl/α,β-unsaturated/α-hetero) is 1. The number of aromatic hydroxyl groups is 1. The van der Waals surface area contributed by atoms with Gasteiger partial charge in [0.25, 0.3) is 0 Å². The zero-order chi connectivity index (χ0) is 20.3. The molecule has 0 aliphatic carbocycles. The van der Waals surface area contributed by atoms with Crippen LogP contribution in [0.4, 0.5) is 5.69 Å². The number of rotatable bonds is 7. The minimum atomic E-state index is -0.759. The second-order valence-electron chi connectivity index (χ2n) is 7.90. The number of aliphatic hydroxyl groups excluding tert-OH is 1. The number of fused-ring (bicyclic) bond motifs is 1. The van der Waals surface area contributed by atoms with Crippen molar-refractivity contribution in [3.63, 3.8) is 0 Å². The summed E-state index contributed by atoms with van der Waals surface area (Å²) in [6.45, 7) is 4.75. The highest BCUT2D eigenvalue weighted by molar-refractivity contribution is 5.91. The van der Waals surface area contributed by atoms with Crippen molar-refractivity contribution in [3.8, 4) is 11.5 Å². The Morgan fingerprint density at radius 1 is 1.21 bits per heavy atom. The van der Waals surface area contributed by atoms with Gasteiger partial charge < -0.3 is 25.6 Å². The van der Waals surface area contributed by atoms with Crippen molar-refractivity contribution in [3.05, 3.63) is 53.1 Å². The van der Waals surface area contributed by atoms with E-state index in [-0.39, 0.29) is 30.0 Å². The van der Waals surface area contributed by atoms with Crippen molar-refractivity contribution < 1.29 is 19.7 Å². The van der Waals surface area contributed by atoms with Crippen LogP contribution in [0.2, 0.25) is 0 Å². The van der Waals surface area contributed by atoms with E-state index in [2.05, 4.69) is 24.5 Å². The van der Waals surface area contributed by atoms with E-state index in [9.17, 15) is 15.0 Å². The predicted octanol–water partition coefficient (Wildman–Crippen LogP) is 2.58. The number of aliphatic hydroxyl groups is 1. The van der Waals surface area contributed by atoms with Crippen LogP contribution < -0.4 is 15.4 Å². The lowest BCUT2D eigenvalue weighted by Crippen LogP contribution is -2.43. The van der Waals surface area contributed by atoms with E-state index in [1.54, 1.807) is 19.2 Å². The second-order valence-corrected chi connectivity index (χ2v) is 7.90. The van der Waals surface area contributed by atoms with Gasteiger partial charge in [-0.25, -0.2) is 0 Å². The third kappa shape index (κ3) is 4.64. The SMILES string of the molecule is COc1ccc(CC(C)(C)NCC(O)c2ccc(O)c3c2NCC(=O)C3)cc1. The van der Waals surface area contributed by atoms with Gasteiger partial charge in [0.2, 0.25) is 0 Å². The maximum absolute atomic E-state index is 11.7. The Bertz CT molecular complexity index is 846. The summed E-state index contributed by atoms with van der Waals surface area (Å²) in [6.07, 6.45) is 0.222. The van der Waals surface area contributed by atoms with Crippen LogP contribution in [0.5, 0.6) is 11.5 Å². The van der Waals surface area contributed by atoms with Crippen LogP contribution in [0.1, 0.15) is 36.6 Å². The molecule has 150 valence electrons. The molecule has 6 heteroatoms. The lowest BCUT2D eigenvalue weighted by Gasteiger charge is -2.29. The molecule has 1 atom stereocenters. The predicted molar refractivity (Wildman–Crippen MR) is 109 cm³/mol. The second kappa shape index (κ2) is 8.20. The average Bonchev–Trinajstić information content (AvgIpc) is 2.67. The number of anilines is 1. The van der Waals surface area contributed by atoms with Gasteiger partial charge in [-0.15, -0.1) is 0 Å². The molecule has 3 rings (SSSR count). The number of phenolic OH excluding ortho intramolecular Hbond substituents is 1. The molecular weight excluding hydrogens is 356 g/mol. The molecule has 1 unspecified atom stereocenters. The number of ether oxygens (including phenoxy) is 1. The summed E-state index contributed by atoms with van der Waals surface area (Å²) in [5, 5.41) is 27.3. The first-order chi connectivity index (χ1) is 13.3. The molecule has 0 amide bonds. The van der Waals surface area contributed by atoms with E-state index in [1.807, 2.05) is 24.3 Å². The lowest BCUT2D eigenvalue weighted by atomic mass is 9.93. The molecule has 6 nitrogen and oxygen atoms in total. The molecule has 1 aliphatic rings. The zero-order valence-corrected chi connectivity index (χ0v) is 16.6. The molecular formula is C22H28N2O4. The normalized spacial score (nSPS) is 14.9. The molecule has 1 heterocycles. The van der Waals surface area contributed by atoms with Crippen LogP contribution in [-0.2, 0) is 17.6 Å². The number of carbonyl (C=O) groups is 1. The number of ketones is 1. The summed E-state index contributed by atoms with van der Waals surface area (Å²) in [4.78, 5) is 11.7. The Labute approximate surface area is 165 Å². The highest BCUT2D eigenvalue weighted by Gasteiger charge is 2.25. The number of benzene rings is 2. The highest BCUT2D eigenvalue weighted by Crippen LogP contribution is 2.35. The van der Waals surface area contributed by atoms with E-state index in [0.717, 1.165) is 12.2 Å². The summed E-state index contributed by atoms with van der Waals surface area (Å²) in [7, 11) is 1.65. The van der Waals surface area contributed by atoms with Gasteiger partial charge in [-0.3, -0.25) is 4.79 Å². The Balaban J connectivity index is 1.67. The van der Waals surface area contributed by atoms with Crippen LogP contribution in [0.15, 0.2) is 36.4 Å². The first-order valence-corrected chi connectivity index (χ1v) is 9.45.